The Morgan fingerprint density at radius 1 is 1.45 bits per heavy atom. The van der Waals surface area contributed by atoms with Gasteiger partial charge in [-0.3, -0.25) is 0 Å². The molecule has 10 nitrogen and oxygen atoms in total. The van der Waals surface area contributed by atoms with Crippen LogP contribution in [-0.4, -0.2) is 61.6 Å². The molecule has 2 rings (SSSR count). The summed E-state index contributed by atoms with van der Waals surface area (Å²) in [6, 6.07) is -0.506. The lowest BCUT2D eigenvalue weighted by atomic mass is 10.0. The molecule has 0 amide bonds. The maximum absolute atomic E-state index is 12.0. The van der Waals surface area contributed by atoms with Gasteiger partial charge in [-0.1, -0.05) is 0 Å². The minimum absolute atomic E-state index is 0.203. The molecule has 1 aromatic heterocycles. The van der Waals surface area contributed by atoms with E-state index in [1.165, 1.54) is 0 Å². The maximum atomic E-state index is 12.0. The van der Waals surface area contributed by atoms with E-state index >= 15 is 0 Å². The lowest BCUT2D eigenvalue weighted by Crippen LogP contribution is -2.52. The van der Waals surface area contributed by atoms with E-state index in [0.717, 1.165) is 6.07 Å². The summed E-state index contributed by atoms with van der Waals surface area (Å²) in [6.07, 6.45) is -1.82. The van der Waals surface area contributed by atoms with Crippen LogP contribution in [0.25, 0.3) is 0 Å². The van der Waals surface area contributed by atoms with E-state index in [4.69, 9.17) is 15.4 Å². The number of hydrogen-bond donors (Lipinski definition) is 6. The van der Waals surface area contributed by atoms with Gasteiger partial charge >= 0.3 is 0 Å². The van der Waals surface area contributed by atoms with Crippen LogP contribution in [0.15, 0.2) is 14.5 Å². The largest absolute Gasteiger partial charge is 0.367 e. The molecule has 1 unspecified atom stereocenters. The Kier molecular flexibility index (Phi) is 4.40. The van der Waals surface area contributed by atoms with Gasteiger partial charge in [-0.05, 0) is 6.07 Å². The zero-order valence-electron chi connectivity index (χ0n) is 10.9. The lowest BCUT2D eigenvalue weighted by Gasteiger charge is -2.35. The van der Waals surface area contributed by atoms with E-state index in [2.05, 4.69) is 5.32 Å². The van der Waals surface area contributed by atoms with Gasteiger partial charge in [0, 0.05) is 12.1 Å². The van der Waals surface area contributed by atoms with Gasteiger partial charge in [0.2, 0.25) is 10.0 Å². The molecule has 1 aliphatic heterocycles. The van der Waals surface area contributed by atoms with Crippen molar-refractivity contribution in [3.05, 3.63) is 11.6 Å². The van der Waals surface area contributed by atoms with Crippen LogP contribution in [0.2, 0.25) is 0 Å². The average Bonchev–Trinajstić information content (AvgIpc) is 2.71. The van der Waals surface area contributed by atoms with Crippen molar-refractivity contribution in [1.82, 2.24) is 5.32 Å². The van der Waals surface area contributed by atoms with Crippen LogP contribution in [0.1, 0.15) is 11.6 Å². The van der Waals surface area contributed by atoms with E-state index in [1.54, 1.807) is 0 Å². The molecule has 22 heavy (non-hydrogen) atoms. The second-order valence-corrected chi connectivity index (χ2v) is 9.84. The number of sulfone groups is 1. The number of nitrogens with two attached hydrogens (primary N) is 1. The molecule has 0 bridgehead atoms. The number of thiophene rings is 1. The quantitative estimate of drug-likeness (QED) is 0.295. The summed E-state index contributed by atoms with van der Waals surface area (Å²) in [4.78, 5) is 0. The van der Waals surface area contributed by atoms with Crippen molar-refractivity contribution in [2.24, 2.45) is 5.14 Å². The summed E-state index contributed by atoms with van der Waals surface area (Å²) in [6.45, 7) is -0.492. The van der Waals surface area contributed by atoms with Crippen LogP contribution in [-0.2, 0) is 19.9 Å². The van der Waals surface area contributed by atoms with Crippen LogP contribution in [0.5, 0.6) is 0 Å². The van der Waals surface area contributed by atoms with E-state index in [1.807, 2.05) is 0 Å². The van der Waals surface area contributed by atoms with Crippen molar-refractivity contribution >= 4 is 31.2 Å². The number of aliphatic hydroxyl groups is 4. The summed E-state index contributed by atoms with van der Waals surface area (Å²) < 4.78 is 46.0. The Hall–Kier alpha value is -0.640. The zero-order valence-corrected chi connectivity index (χ0v) is 13.3. The number of rotatable bonds is 4. The van der Waals surface area contributed by atoms with Gasteiger partial charge in [-0.2, -0.15) is 0 Å². The van der Waals surface area contributed by atoms with Gasteiger partial charge in [-0.25, -0.2) is 22.0 Å². The number of primary sulfonamides is 1. The number of hydrogen-bond acceptors (Lipinski definition) is 10. The molecule has 0 fully saturated rings. The summed E-state index contributed by atoms with van der Waals surface area (Å²) in [7, 11) is -8.30. The van der Waals surface area contributed by atoms with E-state index in [-0.39, 0.29) is 9.77 Å². The lowest BCUT2D eigenvalue weighted by molar-refractivity contribution is -0.171. The minimum atomic E-state index is -4.17. The Morgan fingerprint density at radius 2 is 2.05 bits per heavy atom. The van der Waals surface area contributed by atoms with Crippen LogP contribution >= 0.6 is 11.3 Å². The predicted molar refractivity (Wildman–Crippen MR) is 73.9 cm³/mol. The Labute approximate surface area is 129 Å². The fourth-order valence-electron chi connectivity index (χ4n) is 2.12. The molecule has 1 atom stereocenters. The molecule has 7 N–H and O–H groups in total. The molecule has 2 heterocycles. The smallest absolute Gasteiger partial charge is 0.247 e. The first kappa shape index (κ1) is 17.7. The summed E-state index contributed by atoms with van der Waals surface area (Å²) in [5, 5.41) is 44.8. The number of fused-ring (bicyclic) bond motifs is 1. The van der Waals surface area contributed by atoms with Crippen LogP contribution in [0, 0.1) is 0 Å². The molecule has 1 aliphatic rings. The predicted octanol–water partition coefficient (Wildman–Crippen LogP) is -3.19. The molecule has 0 saturated carbocycles. The first-order valence-electron chi connectivity index (χ1n) is 5.78. The standard InChI is InChI=1S/C9H14N2O8S3/c10-22(18,19)6-1-4-7(11-2-5(12)13)9(14,15)3-21(16,17)8(4)20-6/h1,5,7,11-15H,2-3H2,(H2,10,18,19). The van der Waals surface area contributed by atoms with E-state index in [0.29, 0.717) is 11.3 Å². The Bertz CT molecular complexity index is 780. The fraction of sp³-hybridized carbons (Fsp3) is 0.556. The average molecular weight is 374 g/mol. The highest BCUT2D eigenvalue weighted by Crippen LogP contribution is 2.43. The first-order chi connectivity index (χ1) is 9.84. The van der Waals surface area contributed by atoms with Gasteiger partial charge in [0.25, 0.3) is 0 Å². The molecular formula is C9H14N2O8S3. The van der Waals surface area contributed by atoms with Gasteiger partial charge in [-0.15, -0.1) is 11.3 Å². The Balaban J connectivity index is 2.60. The number of aliphatic hydroxyl groups excluding tert-OH is 1. The van der Waals surface area contributed by atoms with Crippen molar-refractivity contribution < 1.29 is 37.3 Å². The van der Waals surface area contributed by atoms with Crippen molar-refractivity contribution in [3.63, 3.8) is 0 Å². The highest BCUT2D eigenvalue weighted by molar-refractivity contribution is 7.95. The maximum Gasteiger partial charge on any atom is 0.247 e. The van der Waals surface area contributed by atoms with Crippen molar-refractivity contribution in [2.75, 3.05) is 12.3 Å². The molecule has 0 aromatic carbocycles. The third-order valence-corrected chi connectivity index (χ3v) is 7.93. The van der Waals surface area contributed by atoms with Crippen molar-refractivity contribution in [3.8, 4) is 0 Å². The van der Waals surface area contributed by atoms with Crippen LogP contribution in [0.3, 0.4) is 0 Å². The fourth-order valence-corrected chi connectivity index (χ4v) is 6.30. The topological polar surface area (TPSA) is 187 Å². The second-order valence-electron chi connectivity index (χ2n) is 4.81. The molecule has 0 radical (unpaired) electrons. The van der Waals surface area contributed by atoms with Gasteiger partial charge in [0.1, 0.15) is 14.2 Å². The zero-order chi connectivity index (χ0) is 16.9. The van der Waals surface area contributed by atoms with Gasteiger partial charge < -0.3 is 25.7 Å². The van der Waals surface area contributed by atoms with Crippen LogP contribution < -0.4 is 10.5 Å². The van der Waals surface area contributed by atoms with Crippen molar-refractivity contribution in [2.45, 2.75) is 26.5 Å². The number of sulfonamides is 1. The summed E-state index contributed by atoms with van der Waals surface area (Å²) in [5.74, 6) is -3.83. The second kappa shape index (κ2) is 5.47. The molecule has 13 heteroatoms. The van der Waals surface area contributed by atoms with Gasteiger partial charge in [0.15, 0.2) is 21.9 Å². The monoisotopic (exact) mass is 374 g/mol. The summed E-state index contributed by atoms with van der Waals surface area (Å²) >= 11 is 0.400. The number of nitrogens with one attached hydrogen (secondary N) is 1. The Morgan fingerprint density at radius 3 is 2.55 bits per heavy atom. The van der Waals surface area contributed by atoms with E-state index in [9.17, 15) is 27.0 Å². The molecule has 0 saturated heterocycles. The van der Waals surface area contributed by atoms with E-state index < -0.39 is 54.5 Å². The summed E-state index contributed by atoms with van der Waals surface area (Å²) in [5.41, 5.74) is -0.203. The normalized spacial score (nSPS) is 23.5. The molecule has 0 aliphatic carbocycles. The molecular weight excluding hydrogens is 360 g/mol. The van der Waals surface area contributed by atoms with Crippen molar-refractivity contribution in [1.29, 1.82) is 0 Å². The third kappa shape index (κ3) is 3.32. The third-order valence-electron chi connectivity index (χ3n) is 2.95. The molecule has 1 aromatic rings. The molecule has 126 valence electrons. The highest BCUT2D eigenvalue weighted by Gasteiger charge is 2.49. The van der Waals surface area contributed by atoms with Crippen LogP contribution in [0.4, 0.5) is 0 Å². The molecule has 0 spiro atoms. The minimum Gasteiger partial charge on any atom is -0.367 e. The van der Waals surface area contributed by atoms with Gasteiger partial charge in [0.05, 0.1) is 6.04 Å². The first-order valence-corrected chi connectivity index (χ1v) is 9.79. The highest BCUT2D eigenvalue weighted by atomic mass is 32.3. The SMILES string of the molecule is NS(=O)(=O)c1cc2c(s1)S(=O)(=O)CC(O)(O)C2NCC(O)O.